The maximum atomic E-state index is 8.20. The van der Waals surface area contributed by atoms with E-state index in [1.807, 2.05) is 6.07 Å². The third-order valence-electron chi connectivity index (χ3n) is 1.92. The lowest BCUT2D eigenvalue weighted by atomic mass is 10.4. The maximum absolute atomic E-state index is 8.20. The maximum Gasteiger partial charge on any atom is 0.133 e. The standard InChI is InChI=1S/C12H23NO4/c1-2-3-5-14-7-9-16-11-12-17-10-8-15-6-4-13/h2-3,5-12H2,1H3. The third-order valence-corrected chi connectivity index (χ3v) is 1.92. The van der Waals surface area contributed by atoms with Gasteiger partial charge in [0.25, 0.3) is 0 Å². The molecule has 5 nitrogen and oxygen atoms in total. The van der Waals surface area contributed by atoms with Crippen LogP contribution in [0.25, 0.3) is 0 Å². The van der Waals surface area contributed by atoms with E-state index < -0.39 is 0 Å². The van der Waals surface area contributed by atoms with E-state index in [2.05, 4.69) is 6.92 Å². The van der Waals surface area contributed by atoms with Gasteiger partial charge in [0.2, 0.25) is 0 Å². The molecule has 0 rings (SSSR count). The Morgan fingerprint density at radius 1 is 0.765 bits per heavy atom. The van der Waals surface area contributed by atoms with Gasteiger partial charge < -0.3 is 18.9 Å². The molecular weight excluding hydrogens is 222 g/mol. The third kappa shape index (κ3) is 15.3. The minimum atomic E-state index is 0.120. The van der Waals surface area contributed by atoms with E-state index in [0.29, 0.717) is 39.6 Å². The van der Waals surface area contributed by atoms with Crippen LogP contribution in [-0.2, 0) is 18.9 Å². The summed E-state index contributed by atoms with van der Waals surface area (Å²) in [5.41, 5.74) is 0. The summed E-state index contributed by atoms with van der Waals surface area (Å²) in [6.07, 6.45) is 2.26. The minimum Gasteiger partial charge on any atom is -0.379 e. The van der Waals surface area contributed by atoms with Crippen molar-refractivity contribution in [1.29, 1.82) is 5.26 Å². The second-order valence-electron chi connectivity index (χ2n) is 3.40. The van der Waals surface area contributed by atoms with E-state index in [1.165, 1.54) is 0 Å². The fraction of sp³-hybridized carbons (Fsp3) is 0.917. The lowest BCUT2D eigenvalue weighted by Crippen LogP contribution is -2.12. The fourth-order valence-corrected chi connectivity index (χ4v) is 1.02. The summed E-state index contributed by atoms with van der Waals surface area (Å²) >= 11 is 0. The molecule has 0 saturated carbocycles. The molecule has 0 radical (unpaired) electrons. The lowest BCUT2D eigenvalue weighted by Gasteiger charge is -2.06. The monoisotopic (exact) mass is 245 g/mol. The molecule has 5 heteroatoms. The van der Waals surface area contributed by atoms with E-state index >= 15 is 0 Å². The number of hydrogen-bond acceptors (Lipinski definition) is 5. The van der Waals surface area contributed by atoms with Crippen molar-refractivity contribution >= 4 is 0 Å². The molecule has 100 valence electrons. The Balaban J connectivity index is 2.87. The number of nitrogens with zero attached hydrogens (tertiary/aromatic N) is 1. The predicted molar refractivity (Wildman–Crippen MR) is 63.8 cm³/mol. The van der Waals surface area contributed by atoms with Crippen molar-refractivity contribution in [2.45, 2.75) is 19.8 Å². The smallest absolute Gasteiger partial charge is 0.133 e. The Labute approximate surface area is 104 Å². The van der Waals surface area contributed by atoms with Crippen molar-refractivity contribution < 1.29 is 18.9 Å². The minimum absolute atomic E-state index is 0.120. The Hall–Kier alpha value is -0.670. The van der Waals surface area contributed by atoms with Gasteiger partial charge in [0.1, 0.15) is 6.61 Å². The van der Waals surface area contributed by atoms with E-state index in [9.17, 15) is 0 Å². The fourth-order valence-electron chi connectivity index (χ4n) is 1.02. The van der Waals surface area contributed by atoms with Gasteiger partial charge in [-0.2, -0.15) is 5.26 Å². The van der Waals surface area contributed by atoms with Gasteiger partial charge in [-0.3, -0.25) is 0 Å². The number of rotatable bonds is 13. The summed E-state index contributed by atoms with van der Waals surface area (Å²) in [5.74, 6) is 0. The van der Waals surface area contributed by atoms with Crippen LogP contribution in [0.15, 0.2) is 0 Å². The summed E-state index contributed by atoms with van der Waals surface area (Å²) in [4.78, 5) is 0. The van der Waals surface area contributed by atoms with Gasteiger partial charge >= 0.3 is 0 Å². The summed E-state index contributed by atoms with van der Waals surface area (Å²) in [6, 6.07) is 1.89. The van der Waals surface area contributed by atoms with Crippen molar-refractivity contribution in [2.75, 3.05) is 52.9 Å². The van der Waals surface area contributed by atoms with Gasteiger partial charge in [-0.1, -0.05) is 13.3 Å². The molecule has 0 aliphatic rings. The summed E-state index contributed by atoms with van der Waals surface area (Å²) in [5, 5.41) is 8.20. The zero-order valence-corrected chi connectivity index (χ0v) is 10.7. The van der Waals surface area contributed by atoms with Crippen LogP contribution in [0, 0.1) is 11.3 Å². The molecule has 0 bridgehead atoms. The molecule has 0 aromatic heterocycles. The molecule has 0 unspecified atom stereocenters. The first-order valence-electron chi connectivity index (χ1n) is 6.09. The number of unbranched alkanes of at least 4 members (excludes halogenated alkanes) is 1. The summed E-state index contributed by atoms with van der Waals surface area (Å²) in [7, 11) is 0. The SMILES string of the molecule is CCCCOCCOCCOCCOCC#N. The van der Waals surface area contributed by atoms with Crippen LogP contribution < -0.4 is 0 Å². The van der Waals surface area contributed by atoms with Crippen molar-refractivity contribution in [2.24, 2.45) is 0 Å². The van der Waals surface area contributed by atoms with E-state index in [1.54, 1.807) is 0 Å². The van der Waals surface area contributed by atoms with Crippen molar-refractivity contribution in [3.8, 4) is 6.07 Å². The highest BCUT2D eigenvalue weighted by Gasteiger charge is 1.91. The predicted octanol–water partition coefficient (Wildman–Crippen LogP) is 1.38. The molecule has 0 heterocycles. The lowest BCUT2D eigenvalue weighted by molar-refractivity contribution is 0.000952. The van der Waals surface area contributed by atoms with Gasteiger partial charge in [-0.05, 0) is 6.42 Å². The van der Waals surface area contributed by atoms with Crippen LogP contribution in [0.1, 0.15) is 19.8 Å². The van der Waals surface area contributed by atoms with Crippen LogP contribution in [0.5, 0.6) is 0 Å². The topological polar surface area (TPSA) is 60.7 Å². The van der Waals surface area contributed by atoms with Gasteiger partial charge in [-0.15, -0.1) is 0 Å². The largest absolute Gasteiger partial charge is 0.379 e. The van der Waals surface area contributed by atoms with Gasteiger partial charge in [0.15, 0.2) is 0 Å². The molecule has 0 aromatic carbocycles. The number of nitriles is 1. The molecule has 0 aliphatic heterocycles. The highest BCUT2D eigenvalue weighted by molar-refractivity contribution is 4.65. The molecule has 17 heavy (non-hydrogen) atoms. The molecule has 0 saturated heterocycles. The Morgan fingerprint density at radius 2 is 1.24 bits per heavy atom. The normalized spacial score (nSPS) is 10.4. The molecule has 0 atom stereocenters. The van der Waals surface area contributed by atoms with Crippen molar-refractivity contribution in [3.05, 3.63) is 0 Å². The van der Waals surface area contributed by atoms with Gasteiger partial charge in [0, 0.05) is 6.61 Å². The van der Waals surface area contributed by atoms with Crippen LogP contribution in [-0.4, -0.2) is 52.9 Å². The van der Waals surface area contributed by atoms with E-state index in [0.717, 1.165) is 19.4 Å². The van der Waals surface area contributed by atoms with Crippen LogP contribution in [0.3, 0.4) is 0 Å². The Kier molecular flexibility index (Phi) is 14.7. The highest BCUT2D eigenvalue weighted by atomic mass is 16.6. The molecule has 0 N–H and O–H groups in total. The average molecular weight is 245 g/mol. The first kappa shape index (κ1) is 16.3. The average Bonchev–Trinajstić information content (AvgIpc) is 2.35. The quantitative estimate of drug-likeness (QED) is 0.459. The van der Waals surface area contributed by atoms with E-state index in [-0.39, 0.29) is 6.61 Å². The van der Waals surface area contributed by atoms with Crippen molar-refractivity contribution in [1.82, 2.24) is 0 Å². The van der Waals surface area contributed by atoms with Crippen LogP contribution >= 0.6 is 0 Å². The molecule has 0 fully saturated rings. The first-order chi connectivity index (χ1) is 8.41. The Bertz CT molecular complexity index is 182. The highest BCUT2D eigenvalue weighted by Crippen LogP contribution is 1.88. The molecule has 0 aliphatic carbocycles. The summed E-state index contributed by atoms with van der Waals surface area (Å²) < 4.78 is 20.8. The number of hydrogen-bond donors (Lipinski definition) is 0. The Morgan fingerprint density at radius 3 is 1.71 bits per heavy atom. The molecular formula is C12H23NO4. The van der Waals surface area contributed by atoms with Crippen LogP contribution in [0.2, 0.25) is 0 Å². The summed E-state index contributed by atoms with van der Waals surface area (Å²) in [6.45, 7) is 6.38. The second kappa shape index (κ2) is 15.3. The van der Waals surface area contributed by atoms with Crippen molar-refractivity contribution in [3.63, 3.8) is 0 Å². The second-order valence-corrected chi connectivity index (χ2v) is 3.40. The molecule has 0 aromatic rings. The van der Waals surface area contributed by atoms with Gasteiger partial charge in [0.05, 0.1) is 45.7 Å². The first-order valence-corrected chi connectivity index (χ1v) is 6.09. The molecule has 0 spiro atoms. The zero-order valence-electron chi connectivity index (χ0n) is 10.7. The van der Waals surface area contributed by atoms with Gasteiger partial charge in [-0.25, -0.2) is 0 Å². The zero-order chi connectivity index (χ0) is 12.6. The molecule has 0 amide bonds. The van der Waals surface area contributed by atoms with Crippen LogP contribution in [0.4, 0.5) is 0 Å². The van der Waals surface area contributed by atoms with E-state index in [4.69, 9.17) is 24.2 Å². The number of ether oxygens (including phenoxy) is 4.